The first-order valence-electron chi connectivity index (χ1n) is 5.20. The second-order valence-corrected chi connectivity index (χ2v) is 4.09. The largest absolute Gasteiger partial charge is 0.380 e. The highest BCUT2D eigenvalue weighted by Gasteiger charge is 2.19. The van der Waals surface area contributed by atoms with Crippen molar-refractivity contribution in [1.82, 2.24) is 10.2 Å². The van der Waals surface area contributed by atoms with Gasteiger partial charge in [-0.05, 0) is 20.9 Å². The average molecular weight is 186 g/mol. The van der Waals surface area contributed by atoms with Gasteiger partial charge in [-0.15, -0.1) is 0 Å². The van der Waals surface area contributed by atoms with Crippen molar-refractivity contribution in [3.63, 3.8) is 0 Å². The van der Waals surface area contributed by atoms with E-state index in [4.69, 9.17) is 4.74 Å². The zero-order valence-electron chi connectivity index (χ0n) is 9.05. The molecule has 1 unspecified atom stereocenters. The fourth-order valence-electron chi connectivity index (χ4n) is 1.79. The Bertz CT molecular complexity index is 139. The van der Waals surface area contributed by atoms with Gasteiger partial charge in [-0.1, -0.05) is 0 Å². The van der Waals surface area contributed by atoms with E-state index in [0.29, 0.717) is 12.0 Å². The summed E-state index contributed by atoms with van der Waals surface area (Å²) in [5, 5.41) is 3.22. The van der Waals surface area contributed by atoms with Crippen LogP contribution in [0.2, 0.25) is 0 Å². The van der Waals surface area contributed by atoms with Gasteiger partial charge in [0.1, 0.15) is 0 Å². The number of nitrogens with one attached hydrogen (secondary N) is 1. The number of ether oxygens (including phenoxy) is 1. The summed E-state index contributed by atoms with van der Waals surface area (Å²) in [6.07, 6.45) is 0. The first-order valence-corrected chi connectivity index (χ1v) is 5.20. The Kier molecular flexibility index (Phi) is 4.70. The Labute approximate surface area is 81.4 Å². The molecule has 0 amide bonds. The summed E-state index contributed by atoms with van der Waals surface area (Å²) in [4.78, 5) is 2.50. The summed E-state index contributed by atoms with van der Waals surface area (Å²) in [7, 11) is 2.00. The monoisotopic (exact) mass is 186 g/mol. The van der Waals surface area contributed by atoms with Gasteiger partial charge in [0, 0.05) is 31.6 Å². The molecule has 1 aliphatic heterocycles. The lowest BCUT2D eigenvalue weighted by Crippen LogP contribution is -2.38. The zero-order chi connectivity index (χ0) is 9.68. The predicted molar refractivity (Wildman–Crippen MR) is 54.9 cm³/mol. The third kappa shape index (κ3) is 3.63. The van der Waals surface area contributed by atoms with Crippen LogP contribution in [-0.4, -0.2) is 50.8 Å². The standard InChI is InChI=1S/C10H22N2O/c1-9(2)12-4-5-13-8-10(7-12)6-11-3/h9-11H,4-8H2,1-3H3. The quantitative estimate of drug-likeness (QED) is 0.697. The molecular weight excluding hydrogens is 164 g/mol. The maximum atomic E-state index is 5.56. The lowest BCUT2D eigenvalue weighted by molar-refractivity contribution is 0.121. The highest BCUT2D eigenvalue weighted by molar-refractivity contribution is 4.72. The minimum Gasteiger partial charge on any atom is -0.380 e. The maximum Gasteiger partial charge on any atom is 0.0593 e. The molecule has 1 saturated heterocycles. The average Bonchev–Trinajstić information content (AvgIpc) is 2.30. The Hall–Kier alpha value is -0.120. The van der Waals surface area contributed by atoms with Crippen LogP contribution in [0.1, 0.15) is 13.8 Å². The van der Waals surface area contributed by atoms with E-state index in [1.165, 1.54) is 6.54 Å². The second-order valence-electron chi connectivity index (χ2n) is 4.09. The molecule has 1 aliphatic rings. The number of hydrogen-bond acceptors (Lipinski definition) is 3. The van der Waals surface area contributed by atoms with Crippen molar-refractivity contribution in [3.05, 3.63) is 0 Å². The molecule has 1 heterocycles. The molecule has 3 heteroatoms. The molecule has 1 N–H and O–H groups in total. The first kappa shape index (κ1) is 11.0. The number of rotatable bonds is 3. The van der Waals surface area contributed by atoms with E-state index in [9.17, 15) is 0 Å². The van der Waals surface area contributed by atoms with Crippen LogP contribution in [0, 0.1) is 5.92 Å². The van der Waals surface area contributed by atoms with Crippen LogP contribution in [0.25, 0.3) is 0 Å². The molecule has 1 atom stereocenters. The van der Waals surface area contributed by atoms with Gasteiger partial charge >= 0.3 is 0 Å². The summed E-state index contributed by atoms with van der Waals surface area (Å²) in [5.41, 5.74) is 0. The fourth-order valence-corrected chi connectivity index (χ4v) is 1.79. The van der Waals surface area contributed by atoms with Crippen molar-refractivity contribution in [2.45, 2.75) is 19.9 Å². The number of hydrogen-bond donors (Lipinski definition) is 1. The SMILES string of the molecule is CNCC1COCCN(C(C)C)C1. The van der Waals surface area contributed by atoms with Gasteiger partial charge in [0.25, 0.3) is 0 Å². The minimum absolute atomic E-state index is 0.640. The van der Waals surface area contributed by atoms with Crippen molar-refractivity contribution >= 4 is 0 Å². The molecule has 0 aromatic carbocycles. The molecule has 13 heavy (non-hydrogen) atoms. The molecule has 0 bridgehead atoms. The van der Waals surface area contributed by atoms with Gasteiger partial charge in [0.2, 0.25) is 0 Å². The number of nitrogens with zero attached hydrogens (tertiary/aromatic N) is 1. The summed E-state index contributed by atoms with van der Waals surface area (Å²) in [6, 6.07) is 0.640. The van der Waals surface area contributed by atoms with Gasteiger partial charge in [0.15, 0.2) is 0 Å². The van der Waals surface area contributed by atoms with E-state index in [2.05, 4.69) is 24.1 Å². The summed E-state index contributed by atoms with van der Waals surface area (Å²) < 4.78 is 5.56. The molecule has 0 spiro atoms. The van der Waals surface area contributed by atoms with Crippen molar-refractivity contribution in [3.8, 4) is 0 Å². The van der Waals surface area contributed by atoms with E-state index in [-0.39, 0.29) is 0 Å². The van der Waals surface area contributed by atoms with Crippen molar-refractivity contribution in [2.24, 2.45) is 5.92 Å². The topological polar surface area (TPSA) is 24.5 Å². The Morgan fingerprint density at radius 1 is 1.54 bits per heavy atom. The van der Waals surface area contributed by atoms with Gasteiger partial charge in [0.05, 0.1) is 13.2 Å². The highest BCUT2D eigenvalue weighted by atomic mass is 16.5. The van der Waals surface area contributed by atoms with Crippen LogP contribution in [0.3, 0.4) is 0 Å². The Morgan fingerprint density at radius 2 is 2.31 bits per heavy atom. The van der Waals surface area contributed by atoms with E-state index < -0.39 is 0 Å². The third-order valence-electron chi connectivity index (χ3n) is 2.59. The predicted octanol–water partition coefficient (Wildman–Crippen LogP) is 0.563. The first-order chi connectivity index (χ1) is 6.24. The molecule has 0 aliphatic carbocycles. The molecule has 1 rings (SSSR count). The third-order valence-corrected chi connectivity index (χ3v) is 2.59. The molecule has 78 valence electrons. The Morgan fingerprint density at radius 3 is 2.92 bits per heavy atom. The zero-order valence-corrected chi connectivity index (χ0v) is 9.05. The highest BCUT2D eigenvalue weighted by Crippen LogP contribution is 2.08. The van der Waals surface area contributed by atoms with Crippen LogP contribution in [-0.2, 0) is 4.74 Å². The normalized spacial score (nSPS) is 26.3. The smallest absolute Gasteiger partial charge is 0.0593 e. The van der Waals surface area contributed by atoms with Gasteiger partial charge < -0.3 is 10.1 Å². The van der Waals surface area contributed by atoms with Crippen LogP contribution in [0.15, 0.2) is 0 Å². The molecule has 0 aromatic heterocycles. The van der Waals surface area contributed by atoms with E-state index in [1.807, 2.05) is 7.05 Å². The molecule has 0 radical (unpaired) electrons. The van der Waals surface area contributed by atoms with Crippen molar-refractivity contribution < 1.29 is 4.74 Å². The maximum absolute atomic E-state index is 5.56. The van der Waals surface area contributed by atoms with Crippen LogP contribution < -0.4 is 5.32 Å². The van der Waals surface area contributed by atoms with Crippen LogP contribution >= 0.6 is 0 Å². The lowest BCUT2D eigenvalue weighted by Gasteiger charge is -2.26. The summed E-state index contributed by atoms with van der Waals surface area (Å²) in [6.45, 7) is 9.60. The molecular formula is C10H22N2O. The lowest BCUT2D eigenvalue weighted by atomic mass is 10.1. The van der Waals surface area contributed by atoms with Crippen LogP contribution in [0.5, 0.6) is 0 Å². The fraction of sp³-hybridized carbons (Fsp3) is 1.00. The summed E-state index contributed by atoms with van der Waals surface area (Å²) in [5.74, 6) is 0.648. The molecule has 3 nitrogen and oxygen atoms in total. The molecule has 0 saturated carbocycles. The second kappa shape index (κ2) is 5.58. The van der Waals surface area contributed by atoms with Crippen LogP contribution in [0.4, 0.5) is 0 Å². The minimum atomic E-state index is 0.640. The van der Waals surface area contributed by atoms with Crippen molar-refractivity contribution in [1.29, 1.82) is 0 Å². The van der Waals surface area contributed by atoms with E-state index in [1.54, 1.807) is 0 Å². The van der Waals surface area contributed by atoms with E-state index >= 15 is 0 Å². The molecule has 1 fully saturated rings. The van der Waals surface area contributed by atoms with Gasteiger partial charge in [-0.2, -0.15) is 0 Å². The molecule has 0 aromatic rings. The van der Waals surface area contributed by atoms with Gasteiger partial charge in [-0.25, -0.2) is 0 Å². The van der Waals surface area contributed by atoms with E-state index in [0.717, 1.165) is 26.3 Å². The van der Waals surface area contributed by atoms with Crippen molar-refractivity contribution in [2.75, 3.05) is 39.9 Å². The van der Waals surface area contributed by atoms with Gasteiger partial charge in [-0.3, -0.25) is 4.90 Å². The summed E-state index contributed by atoms with van der Waals surface area (Å²) >= 11 is 0. The Balaban J connectivity index is 2.39.